The third-order valence-electron chi connectivity index (χ3n) is 5.07. The normalized spacial score (nSPS) is 18.9. The maximum absolute atomic E-state index is 12.9. The zero-order valence-corrected chi connectivity index (χ0v) is 14.6. The van der Waals surface area contributed by atoms with Gasteiger partial charge in [-0.05, 0) is 31.0 Å². The fourth-order valence-corrected chi connectivity index (χ4v) is 3.56. The first-order valence-corrected chi connectivity index (χ1v) is 9.07. The number of morpholine rings is 1. The van der Waals surface area contributed by atoms with Crippen molar-refractivity contribution < 1.29 is 14.3 Å². The van der Waals surface area contributed by atoms with Gasteiger partial charge in [0, 0.05) is 38.4 Å². The molecule has 0 atom stereocenters. The number of hydrogen-bond acceptors (Lipinski definition) is 4. The summed E-state index contributed by atoms with van der Waals surface area (Å²) in [6.45, 7) is 3.75. The fourth-order valence-electron chi connectivity index (χ4n) is 3.56. The van der Waals surface area contributed by atoms with E-state index in [0.29, 0.717) is 45.0 Å². The number of aromatic nitrogens is 2. The lowest BCUT2D eigenvalue weighted by molar-refractivity contribution is 0.0512. The second kappa shape index (κ2) is 7.33. The number of nitrogens with zero attached hydrogens (tertiary/aromatic N) is 4. The summed E-state index contributed by atoms with van der Waals surface area (Å²) >= 11 is 0. The third-order valence-corrected chi connectivity index (χ3v) is 5.07. The molecule has 138 valence electrons. The number of piperidine rings is 1. The lowest BCUT2D eigenvalue weighted by atomic mass is 10.0. The zero-order valence-electron chi connectivity index (χ0n) is 14.6. The number of likely N-dealkylation sites (tertiary alicyclic amines) is 1. The standard InChI is InChI=1S/C18H23N5O3/c24-17(15-2-1-7-23-16(15)3-6-19-23)21-8-4-14(5-9-21)20-18(25)22-10-12-26-13-11-22/h1-3,6-7,14H,4-5,8-13H2,(H,20,25). The van der Waals surface area contributed by atoms with E-state index in [1.54, 1.807) is 15.6 Å². The van der Waals surface area contributed by atoms with Crippen molar-refractivity contribution >= 4 is 17.5 Å². The van der Waals surface area contributed by atoms with Crippen molar-refractivity contribution in [3.05, 3.63) is 36.2 Å². The minimum Gasteiger partial charge on any atom is -0.378 e. The Hall–Kier alpha value is -2.61. The molecule has 1 N–H and O–H groups in total. The van der Waals surface area contributed by atoms with Crippen molar-refractivity contribution in [1.29, 1.82) is 0 Å². The van der Waals surface area contributed by atoms with Gasteiger partial charge in [-0.1, -0.05) is 0 Å². The highest BCUT2D eigenvalue weighted by Gasteiger charge is 2.27. The molecule has 2 fully saturated rings. The van der Waals surface area contributed by atoms with E-state index in [9.17, 15) is 9.59 Å². The van der Waals surface area contributed by atoms with Crippen LogP contribution in [0.15, 0.2) is 30.6 Å². The number of carbonyl (C=O) groups excluding carboxylic acids is 2. The number of hydrogen-bond donors (Lipinski definition) is 1. The molecule has 0 aliphatic carbocycles. The molecule has 8 nitrogen and oxygen atoms in total. The van der Waals surface area contributed by atoms with Gasteiger partial charge < -0.3 is 19.9 Å². The van der Waals surface area contributed by atoms with Crippen LogP contribution in [0, 0.1) is 0 Å². The lowest BCUT2D eigenvalue weighted by Gasteiger charge is -2.34. The summed E-state index contributed by atoms with van der Waals surface area (Å²) in [6, 6.07) is 5.61. The number of pyridine rings is 1. The first-order valence-electron chi connectivity index (χ1n) is 9.07. The molecule has 0 radical (unpaired) electrons. The third kappa shape index (κ3) is 3.37. The topological polar surface area (TPSA) is 79.2 Å². The minimum absolute atomic E-state index is 0.0223. The van der Waals surface area contributed by atoms with E-state index in [1.807, 2.05) is 29.3 Å². The van der Waals surface area contributed by atoms with Crippen LogP contribution in [0.2, 0.25) is 0 Å². The van der Waals surface area contributed by atoms with Gasteiger partial charge in [0.2, 0.25) is 0 Å². The Morgan fingerprint density at radius 3 is 2.62 bits per heavy atom. The van der Waals surface area contributed by atoms with E-state index in [4.69, 9.17) is 4.74 Å². The highest BCUT2D eigenvalue weighted by Crippen LogP contribution is 2.17. The summed E-state index contributed by atoms with van der Waals surface area (Å²) < 4.78 is 6.99. The summed E-state index contributed by atoms with van der Waals surface area (Å²) in [5.74, 6) is 0.0223. The van der Waals surface area contributed by atoms with Crippen molar-refractivity contribution in [3.63, 3.8) is 0 Å². The number of urea groups is 1. The maximum atomic E-state index is 12.9. The molecule has 26 heavy (non-hydrogen) atoms. The number of carbonyl (C=O) groups is 2. The largest absolute Gasteiger partial charge is 0.378 e. The zero-order chi connectivity index (χ0) is 17.9. The molecule has 3 amide bonds. The SMILES string of the molecule is O=C(NC1CCN(C(=O)c2cccn3nccc23)CC1)N1CCOCC1. The van der Waals surface area contributed by atoms with Crippen LogP contribution in [0.25, 0.3) is 5.52 Å². The second-order valence-electron chi connectivity index (χ2n) is 6.70. The van der Waals surface area contributed by atoms with Crippen molar-refractivity contribution in [2.45, 2.75) is 18.9 Å². The molecular formula is C18H23N5O3. The van der Waals surface area contributed by atoms with Gasteiger partial charge in [-0.2, -0.15) is 5.10 Å². The van der Waals surface area contributed by atoms with Gasteiger partial charge in [0.1, 0.15) is 0 Å². The Kier molecular flexibility index (Phi) is 4.75. The van der Waals surface area contributed by atoms with Gasteiger partial charge in [-0.25, -0.2) is 9.31 Å². The Bertz CT molecular complexity index is 791. The van der Waals surface area contributed by atoms with Crippen molar-refractivity contribution in [2.75, 3.05) is 39.4 Å². The number of amides is 3. The van der Waals surface area contributed by atoms with E-state index in [-0.39, 0.29) is 18.0 Å². The molecule has 2 aromatic heterocycles. The van der Waals surface area contributed by atoms with Gasteiger partial charge in [0.05, 0.1) is 30.5 Å². The molecule has 2 aromatic rings. The molecule has 0 spiro atoms. The summed E-state index contributed by atoms with van der Waals surface area (Å²) in [7, 11) is 0. The quantitative estimate of drug-likeness (QED) is 0.869. The van der Waals surface area contributed by atoms with Crippen molar-refractivity contribution in [3.8, 4) is 0 Å². The van der Waals surface area contributed by atoms with Gasteiger partial charge in [0.15, 0.2) is 0 Å². The smallest absolute Gasteiger partial charge is 0.317 e. The molecular weight excluding hydrogens is 334 g/mol. The van der Waals surface area contributed by atoms with Gasteiger partial charge in [-0.3, -0.25) is 4.79 Å². The van der Waals surface area contributed by atoms with Gasteiger partial charge in [0.25, 0.3) is 5.91 Å². The van der Waals surface area contributed by atoms with E-state index in [1.165, 1.54) is 0 Å². The van der Waals surface area contributed by atoms with E-state index in [2.05, 4.69) is 10.4 Å². The first kappa shape index (κ1) is 16.8. The van der Waals surface area contributed by atoms with Crippen LogP contribution in [0.1, 0.15) is 23.2 Å². The van der Waals surface area contributed by atoms with Crippen LogP contribution in [0.4, 0.5) is 4.79 Å². The van der Waals surface area contributed by atoms with Crippen LogP contribution in [0.5, 0.6) is 0 Å². The Morgan fingerprint density at radius 1 is 1.08 bits per heavy atom. The van der Waals surface area contributed by atoms with Gasteiger partial charge in [-0.15, -0.1) is 0 Å². The highest BCUT2D eigenvalue weighted by atomic mass is 16.5. The maximum Gasteiger partial charge on any atom is 0.317 e. The molecule has 0 aromatic carbocycles. The average Bonchev–Trinajstić information content (AvgIpc) is 3.17. The number of ether oxygens (including phenoxy) is 1. The van der Waals surface area contributed by atoms with E-state index in [0.717, 1.165) is 18.4 Å². The summed E-state index contributed by atoms with van der Waals surface area (Å²) in [6.07, 6.45) is 5.06. The van der Waals surface area contributed by atoms with Crippen LogP contribution < -0.4 is 5.32 Å². The number of fused-ring (bicyclic) bond motifs is 1. The molecule has 8 heteroatoms. The molecule has 0 unspecified atom stereocenters. The summed E-state index contributed by atoms with van der Waals surface area (Å²) in [4.78, 5) is 28.8. The van der Waals surface area contributed by atoms with E-state index >= 15 is 0 Å². The van der Waals surface area contributed by atoms with Crippen LogP contribution in [-0.2, 0) is 4.74 Å². The minimum atomic E-state index is -0.0258. The Balaban J connectivity index is 1.34. The van der Waals surface area contributed by atoms with Crippen molar-refractivity contribution in [2.24, 2.45) is 0 Å². The fraction of sp³-hybridized carbons (Fsp3) is 0.500. The summed E-state index contributed by atoms with van der Waals surface area (Å²) in [5.41, 5.74) is 1.49. The number of nitrogens with one attached hydrogen (secondary N) is 1. The monoisotopic (exact) mass is 357 g/mol. The van der Waals surface area contributed by atoms with Crippen LogP contribution >= 0.6 is 0 Å². The highest BCUT2D eigenvalue weighted by molar-refractivity contribution is 6.00. The Morgan fingerprint density at radius 2 is 1.85 bits per heavy atom. The molecule has 2 aliphatic rings. The molecule has 0 bridgehead atoms. The first-order chi connectivity index (χ1) is 12.7. The van der Waals surface area contributed by atoms with Crippen molar-refractivity contribution in [1.82, 2.24) is 24.7 Å². The summed E-state index contributed by atoms with van der Waals surface area (Å²) in [5, 5.41) is 7.27. The predicted octanol–water partition coefficient (Wildman–Crippen LogP) is 0.981. The molecule has 4 rings (SSSR count). The predicted molar refractivity (Wildman–Crippen MR) is 95.0 cm³/mol. The molecule has 2 aliphatic heterocycles. The van der Waals surface area contributed by atoms with E-state index < -0.39 is 0 Å². The second-order valence-corrected chi connectivity index (χ2v) is 6.70. The number of rotatable bonds is 2. The molecule has 0 saturated carbocycles. The van der Waals surface area contributed by atoms with Gasteiger partial charge >= 0.3 is 6.03 Å². The molecule has 2 saturated heterocycles. The van der Waals surface area contributed by atoms with Crippen LogP contribution in [-0.4, -0.2) is 76.8 Å². The molecule has 4 heterocycles. The lowest BCUT2D eigenvalue weighted by Crippen LogP contribution is -2.52. The average molecular weight is 357 g/mol. The Labute approximate surface area is 151 Å². The van der Waals surface area contributed by atoms with Crippen LogP contribution in [0.3, 0.4) is 0 Å².